The van der Waals surface area contributed by atoms with E-state index in [9.17, 15) is 30.8 Å². The number of imidazole rings is 1. The van der Waals surface area contributed by atoms with E-state index in [-0.39, 0.29) is 22.9 Å². The zero-order chi connectivity index (χ0) is 26.3. The number of anilines is 3. The maximum atomic E-state index is 13.8. The first-order valence-electron chi connectivity index (χ1n) is 10.0. The zero-order valence-electron chi connectivity index (χ0n) is 18.3. The molecule has 0 aliphatic heterocycles. The van der Waals surface area contributed by atoms with Crippen molar-refractivity contribution in [2.45, 2.75) is 6.18 Å². The standard InChI is InChI=1S/C22H17F4N5O4S/c1-36(33,34)31-19-11-15(7-9-17(19)29-20(31)27)35-14-5-3-13(4-6-14)28-21(32)30-18-10-12(22(24,25)26)2-8-16(18)23/h2-11H,1H3,(H2,27,29)(H2,28,30,32). The minimum Gasteiger partial charge on any atom is -0.457 e. The Balaban J connectivity index is 1.46. The number of hydrogen-bond acceptors (Lipinski definition) is 6. The van der Waals surface area contributed by atoms with Crippen molar-refractivity contribution in [3.05, 3.63) is 72.0 Å². The summed E-state index contributed by atoms with van der Waals surface area (Å²) in [6.07, 6.45) is -3.71. The Morgan fingerprint density at radius 3 is 2.31 bits per heavy atom. The molecule has 0 aliphatic rings. The number of rotatable bonds is 5. The summed E-state index contributed by atoms with van der Waals surface area (Å²) in [6.45, 7) is 0. The Labute approximate surface area is 201 Å². The predicted molar refractivity (Wildman–Crippen MR) is 125 cm³/mol. The van der Waals surface area contributed by atoms with Crippen LogP contribution in [0.1, 0.15) is 5.56 Å². The number of alkyl halides is 3. The molecule has 188 valence electrons. The van der Waals surface area contributed by atoms with Gasteiger partial charge in [-0.3, -0.25) is 0 Å². The average Bonchev–Trinajstić information content (AvgIpc) is 3.11. The molecular weight excluding hydrogens is 506 g/mol. The Morgan fingerprint density at radius 2 is 1.67 bits per heavy atom. The van der Waals surface area contributed by atoms with Gasteiger partial charge in [-0.15, -0.1) is 0 Å². The molecule has 4 aromatic rings. The smallest absolute Gasteiger partial charge is 0.416 e. The third-order valence-corrected chi connectivity index (χ3v) is 5.88. The summed E-state index contributed by atoms with van der Waals surface area (Å²) < 4.78 is 82.9. The number of nitrogens with zero attached hydrogens (tertiary/aromatic N) is 2. The van der Waals surface area contributed by atoms with Crippen molar-refractivity contribution in [2.75, 3.05) is 22.6 Å². The van der Waals surface area contributed by atoms with Crippen molar-refractivity contribution in [3.8, 4) is 11.5 Å². The van der Waals surface area contributed by atoms with Crippen LogP contribution in [0.15, 0.2) is 60.7 Å². The van der Waals surface area contributed by atoms with Crippen molar-refractivity contribution >= 4 is 44.4 Å². The van der Waals surface area contributed by atoms with Gasteiger partial charge in [0.2, 0.25) is 16.0 Å². The number of benzene rings is 3. The van der Waals surface area contributed by atoms with Gasteiger partial charge in [0, 0.05) is 11.8 Å². The van der Waals surface area contributed by atoms with Crippen LogP contribution >= 0.6 is 0 Å². The summed E-state index contributed by atoms with van der Waals surface area (Å²) in [5, 5.41) is 4.41. The largest absolute Gasteiger partial charge is 0.457 e. The van der Waals surface area contributed by atoms with Crippen LogP contribution in [0.2, 0.25) is 0 Å². The Bertz CT molecular complexity index is 1570. The first-order chi connectivity index (χ1) is 16.8. The highest BCUT2D eigenvalue weighted by Crippen LogP contribution is 2.32. The van der Waals surface area contributed by atoms with Crippen molar-refractivity contribution in [2.24, 2.45) is 0 Å². The highest BCUT2D eigenvalue weighted by atomic mass is 32.2. The van der Waals surface area contributed by atoms with Gasteiger partial charge in [-0.1, -0.05) is 0 Å². The summed E-state index contributed by atoms with van der Waals surface area (Å²) in [4.78, 5) is 16.1. The second kappa shape index (κ2) is 9.03. The lowest BCUT2D eigenvalue weighted by Gasteiger charge is -2.12. The number of fused-ring (bicyclic) bond motifs is 1. The highest BCUT2D eigenvalue weighted by Gasteiger charge is 2.31. The van der Waals surface area contributed by atoms with Crippen LogP contribution < -0.4 is 21.1 Å². The first kappa shape index (κ1) is 24.8. The molecule has 0 atom stereocenters. The van der Waals surface area contributed by atoms with Crippen molar-refractivity contribution in [3.63, 3.8) is 0 Å². The second-order valence-corrected chi connectivity index (χ2v) is 9.38. The van der Waals surface area contributed by atoms with Crippen molar-refractivity contribution in [1.82, 2.24) is 8.96 Å². The topological polar surface area (TPSA) is 128 Å². The van der Waals surface area contributed by atoms with Crippen LogP contribution in [0.25, 0.3) is 11.0 Å². The number of amides is 2. The molecule has 0 saturated carbocycles. The maximum Gasteiger partial charge on any atom is 0.416 e. The van der Waals surface area contributed by atoms with Gasteiger partial charge in [0.05, 0.1) is 28.5 Å². The first-order valence-corrected chi connectivity index (χ1v) is 11.9. The van der Waals surface area contributed by atoms with Gasteiger partial charge in [-0.25, -0.2) is 26.6 Å². The molecule has 0 spiro atoms. The molecule has 1 heterocycles. The predicted octanol–water partition coefficient (Wildman–Crippen LogP) is 5.02. The molecule has 0 bridgehead atoms. The van der Waals surface area contributed by atoms with Crippen LogP contribution in [0.5, 0.6) is 11.5 Å². The van der Waals surface area contributed by atoms with Gasteiger partial charge in [-0.2, -0.15) is 13.2 Å². The number of urea groups is 1. The van der Waals surface area contributed by atoms with Gasteiger partial charge in [-0.05, 0) is 54.6 Å². The maximum absolute atomic E-state index is 13.8. The zero-order valence-corrected chi connectivity index (χ0v) is 19.1. The molecule has 0 aliphatic carbocycles. The number of ether oxygens (including phenoxy) is 1. The number of nitrogens with one attached hydrogen (secondary N) is 2. The monoisotopic (exact) mass is 523 g/mol. The van der Waals surface area contributed by atoms with E-state index in [0.717, 1.165) is 10.2 Å². The molecule has 2 amide bonds. The van der Waals surface area contributed by atoms with Gasteiger partial charge in [0.25, 0.3) is 0 Å². The Hall–Kier alpha value is -4.33. The third kappa shape index (κ3) is 5.33. The molecule has 0 unspecified atom stereocenters. The number of halogens is 4. The fourth-order valence-electron chi connectivity index (χ4n) is 3.29. The van der Waals surface area contributed by atoms with E-state index in [0.29, 0.717) is 29.5 Å². The molecule has 0 fully saturated rings. The van der Waals surface area contributed by atoms with Crippen molar-refractivity contribution in [1.29, 1.82) is 0 Å². The molecule has 9 nitrogen and oxygen atoms in total. The van der Waals surface area contributed by atoms with Crippen LogP contribution in [0, 0.1) is 5.82 Å². The molecule has 0 saturated heterocycles. The fourth-order valence-corrected chi connectivity index (χ4v) is 4.17. The lowest BCUT2D eigenvalue weighted by Crippen LogP contribution is -2.20. The van der Waals surface area contributed by atoms with E-state index in [2.05, 4.69) is 10.3 Å². The van der Waals surface area contributed by atoms with Crippen LogP contribution in [-0.4, -0.2) is 29.7 Å². The van der Waals surface area contributed by atoms with E-state index in [1.54, 1.807) is 6.07 Å². The minimum absolute atomic E-state index is 0.191. The van der Waals surface area contributed by atoms with E-state index < -0.39 is 39.3 Å². The molecule has 14 heteroatoms. The average molecular weight is 523 g/mol. The number of carbonyl (C=O) groups is 1. The number of nitrogens with two attached hydrogens (primary N) is 1. The molecule has 36 heavy (non-hydrogen) atoms. The normalized spacial score (nSPS) is 11.9. The second-order valence-electron chi connectivity index (χ2n) is 7.55. The molecule has 0 radical (unpaired) electrons. The van der Waals surface area contributed by atoms with Crippen LogP contribution in [0.4, 0.5) is 39.7 Å². The Morgan fingerprint density at radius 1 is 1.00 bits per heavy atom. The fraction of sp³-hybridized carbons (Fsp3) is 0.0909. The van der Waals surface area contributed by atoms with Crippen LogP contribution in [0.3, 0.4) is 0 Å². The van der Waals surface area contributed by atoms with Gasteiger partial charge >= 0.3 is 12.2 Å². The number of hydrogen-bond donors (Lipinski definition) is 3. The molecule has 4 N–H and O–H groups in total. The number of nitrogen functional groups attached to an aromatic ring is 1. The summed E-state index contributed by atoms with van der Waals surface area (Å²) >= 11 is 0. The van der Waals surface area contributed by atoms with E-state index >= 15 is 0 Å². The molecule has 4 rings (SSSR count). The lowest BCUT2D eigenvalue weighted by molar-refractivity contribution is -0.137. The van der Waals surface area contributed by atoms with E-state index in [4.69, 9.17) is 10.5 Å². The summed E-state index contributed by atoms with van der Waals surface area (Å²) in [6, 6.07) is 11.1. The van der Waals surface area contributed by atoms with Crippen molar-refractivity contribution < 1.29 is 35.5 Å². The lowest BCUT2D eigenvalue weighted by atomic mass is 10.2. The van der Waals surface area contributed by atoms with E-state index in [1.165, 1.54) is 36.4 Å². The number of aromatic nitrogens is 2. The van der Waals surface area contributed by atoms with E-state index in [1.807, 2.05) is 5.32 Å². The van der Waals surface area contributed by atoms with Gasteiger partial charge < -0.3 is 21.1 Å². The van der Waals surface area contributed by atoms with Gasteiger partial charge in [0.15, 0.2) is 0 Å². The van der Waals surface area contributed by atoms with Crippen LogP contribution in [-0.2, 0) is 16.2 Å². The van der Waals surface area contributed by atoms with Gasteiger partial charge in [0.1, 0.15) is 17.3 Å². The number of carbonyl (C=O) groups excluding carboxylic acids is 1. The molecule has 3 aromatic carbocycles. The molecular formula is C22H17F4N5O4S. The highest BCUT2D eigenvalue weighted by molar-refractivity contribution is 7.89. The summed E-state index contributed by atoms with van der Waals surface area (Å²) in [5.74, 6) is -0.616. The Kier molecular flexibility index (Phi) is 6.22. The minimum atomic E-state index is -4.70. The third-order valence-electron chi connectivity index (χ3n) is 4.83. The summed E-state index contributed by atoms with van der Waals surface area (Å²) in [5.41, 5.74) is 4.78. The summed E-state index contributed by atoms with van der Waals surface area (Å²) in [7, 11) is -3.71. The molecule has 1 aromatic heterocycles. The quantitative estimate of drug-likeness (QED) is 0.315. The SMILES string of the molecule is CS(=O)(=O)n1c(N)nc2ccc(Oc3ccc(NC(=O)Nc4cc(C(F)(F)F)ccc4F)cc3)cc21.